The number of nitrogens with one attached hydrogen (secondary N) is 1. The summed E-state index contributed by atoms with van der Waals surface area (Å²) in [5.74, 6) is 0.474. The third kappa shape index (κ3) is 4.66. The van der Waals surface area contributed by atoms with Crippen LogP contribution in [0.4, 0.5) is 5.13 Å². The summed E-state index contributed by atoms with van der Waals surface area (Å²) in [7, 11) is 1.77. The van der Waals surface area contributed by atoms with Crippen LogP contribution < -0.4 is 10.2 Å². The molecule has 0 radical (unpaired) electrons. The second-order valence-corrected chi connectivity index (χ2v) is 7.47. The van der Waals surface area contributed by atoms with E-state index in [1.807, 2.05) is 11.3 Å². The number of methoxy groups -OCH3 is 1. The average Bonchev–Trinajstić information content (AvgIpc) is 3.16. The van der Waals surface area contributed by atoms with E-state index in [0.717, 1.165) is 19.7 Å². The molecule has 0 saturated heterocycles. The summed E-state index contributed by atoms with van der Waals surface area (Å²) in [5.41, 5.74) is 1.26. The van der Waals surface area contributed by atoms with Gasteiger partial charge in [0.25, 0.3) is 0 Å². The van der Waals surface area contributed by atoms with E-state index in [0.29, 0.717) is 18.0 Å². The minimum absolute atomic E-state index is 0.474. The second-order valence-electron chi connectivity index (χ2n) is 6.41. The molecule has 1 fully saturated rings. The molecule has 1 aromatic heterocycles. The lowest BCUT2D eigenvalue weighted by molar-refractivity contribution is 0.205. The van der Waals surface area contributed by atoms with E-state index < -0.39 is 0 Å². The van der Waals surface area contributed by atoms with Crippen LogP contribution in [0.1, 0.15) is 57.0 Å². The zero-order valence-corrected chi connectivity index (χ0v) is 14.8. The summed E-state index contributed by atoms with van der Waals surface area (Å²) in [4.78, 5) is 8.78. The van der Waals surface area contributed by atoms with E-state index in [9.17, 15) is 0 Å². The largest absolute Gasteiger partial charge is 0.383 e. The van der Waals surface area contributed by atoms with Gasteiger partial charge in [-0.15, -0.1) is 11.3 Å². The molecule has 1 aliphatic carbocycles. The Balaban J connectivity index is 2.15. The SMILES string of the molecule is COCCN(c1nc(C(C)C)c(CNC(C)C)s1)C1CC1. The number of aromatic nitrogens is 1. The van der Waals surface area contributed by atoms with Crippen molar-refractivity contribution in [1.29, 1.82) is 0 Å². The van der Waals surface area contributed by atoms with Crippen molar-refractivity contribution in [2.45, 2.75) is 65.1 Å². The van der Waals surface area contributed by atoms with E-state index in [-0.39, 0.29) is 0 Å². The quantitative estimate of drug-likeness (QED) is 0.758. The van der Waals surface area contributed by atoms with Gasteiger partial charge in [-0.05, 0) is 18.8 Å². The van der Waals surface area contributed by atoms with E-state index >= 15 is 0 Å². The van der Waals surface area contributed by atoms with Gasteiger partial charge in [0.2, 0.25) is 0 Å². The predicted octanol–water partition coefficient (Wildman–Crippen LogP) is 3.38. The van der Waals surface area contributed by atoms with Crippen LogP contribution in [0.15, 0.2) is 0 Å². The van der Waals surface area contributed by atoms with Gasteiger partial charge >= 0.3 is 0 Å². The normalized spacial score (nSPS) is 15.2. The maximum atomic E-state index is 5.26. The van der Waals surface area contributed by atoms with Gasteiger partial charge in [0, 0.05) is 37.2 Å². The number of nitrogens with zero attached hydrogens (tertiary/aromatic N) is 2. The highest BCUT2D eigenvalue weighted by atomic mass is 32.1. The Morgan fingerprint density at radius 3 is 2.57 bits per heavy atom. The molecule has 0 spiro atoms. The van der Waals surface area contributed by atoms with Gasteiger partial charge in [-0.1, -0.05) is 27.7 Å². The first-order chi connectivity index (χ1) is 10.0. The Kier molecular flexibility index (Phi) is 6.02. The lowest BCUT2D eigenvalue weighted by atomic mass is 10.1. The smallest absolute Gasteiger partial charge is 0.186 e. The third-order valence-electron chi connectivity index (χ3n) is 3.70. The van der Waals surface area contributed by atoms with Crippen LogP contribution in [0.2, 0.25) is 0 Å². The summed E-state index contributed by atoms with van der Waals surface area (Å²) in [6, 6.07) is 1.18. The molecule has 1 heterocycles. The first kappa shape index (κ1) is 16.7. The lowest BCUT2D eigenvalue weighted by Gasteiger charge is -2.20. The Labute approximate surface area is 132 Å². The first-order valence-electron chi connectivity index (χ1n) is 8.01. The van der Waals surface area contributed by atoms with Crippen molar-refractivity contribution in [3.63, 3.8) is 0 Å². The number of hydrogen-bond donors (Lipinski definition) is 1. The molecule has 2 rings (SSSR count). The molecule has 0 bridgehead atoms. The molecular weight excluding hydrogens is 282 g/mol. The van der Waals surface area contributed by atoms with Crippen LogP contribution in [-0.2, 0) is 11.3 Å². The van der Waals surface area contributed by atoms with Gasteiger partial charge in [0.15, 0.2) is 5.13 Å². The fourth-order valence-electron chi connectivity index (χ4n) is 2.36. The number of ether oxygens (including phenoxy) is 1. The molecule has 1 saturated carbocycles. The van der Waals surface area contributed by atoms with Gasteiger partial charge in [-0.25, -0.2) is 4.98 Å². The summed E-state index contributed by atoms with van der Waals surface area (Å²) in [6.07, 6.45) is 2.58. The Morgan fingerprint density at radius 1 is 1.33 bits per heavy atom. The van der Waals surface area contributed by atoms with Crippen molar-refractivity contribution in [2.24, 2.45) is 0 Å². The number of rotatable bonds is 9. The Hall–Kier alpha value is -0.650. The fraction of sp³-hybridized carbons (Fsp3) is 0.812. The molecule has 0 unspecified atom stereocenters. The van der Waals surface area contributed by atoms with Crippen LogP contribution in [-0.4, -0.2) is 37.3 Å². The van der Waals surface area contributed by atoms with Crippen molar-refractivity contribution in [2.75, 3.05) is 25.2 Å². The number of anilines is 1. The van der Waals surface area contributed by atoms with Gasteiger partial charge in [-0.2, -0.15) is 0 Å². The zero-order valence-electron chi connectivity index (χ0n) is 14.0. The lowest BCUT2D eigenvalue weighted by Crippen LogP contribution is -2.29. The highest BCUT2D eigenvalue weighted by molar-refractivity contribution is 7.15. The number of thiazole rings is 1. The Bertz CT molecular complexity index is 441. The van der Waals surface area contributed by atoms with Gasteiger partial charge < -0.3 is 15.0 Å². The van der Waals surface area contributed by atoms with Gasteiger partial charge in [-0.3, -0.25) is 0 Å². The summed E-state index contributed by atoms with van der Waals surface area (Å²) in [6.45, 7) is 11.5. The molecule has 0 atom stereocenters. The van der Waals surface area contributed by atoms with E-state index in [1.165, 1.54) is 28.5 Å². The zero-order chi connectivity index (χ0) is 15.4. The summed E-state index contributed by atoms with van der Waals surface area (Å²) >= 11 is 1.85. The molecule has 4 nitrogen and oxygen atoms in total. The van der Waals surface area contributed by atoms with Crippen molar-refractivity contribution in [3.05, 3.63) is 10.6 Å². The van der Waals surface area contributed by atoms with Crippen LogP contribution in [0.5, 0.6) is 0 Å². The second kappa shape index (κ2) is 7.56. The molecule has 0 aromatic carbocycles. The molecule has 21 heavy (non-hydrogen) atoms. The van der Waals surface area contributed by atoms with E-state index in [2.05, 4.69) is 37.9 Å². The number of hydrogen-bond acceptors (Lipinski definition) is 5. The van der Waals surface area contributed by atoms with E-state index in [4.69, 9.17) is 9.72 Å². The minimum atomic E-state index is 0.474. The van der Waals surface area contributed by atoms with Crippen LogP contribution in [0, 0.1) is 0 Å². The molecule has 1 aromatic rings. The van der Waals surface area contributed by atoms with Crippen LogP contribution >= 0.6 is 11.3 Å². The minimum Gasteiger partial charge on any atom is -0.383 e. The topological polar surface area (TPSA) is 37.4 Å². The van der Waals surface area contributed by atoms with Crippen LogP contribution in [0.25, 0.3) is 0 Å². The first-order valence-corrected chi connectivity index (χ1v) is 8.83. The molecule has 120 valence electrons. The van der Waals surface area contributed by atoms with Gasteiger partial charge in [0.1, 0.15) is 0 Å². The van der Waals surface area contributed by atoms with Crippen molar-refractivity contribution in [1.82, 2.24) is 10.3 Å². The average molecular weight is 311 g/mol. The molecule has 5 heteroatoms. The maximum Gasteiger partial charge on any atom is 0.186 e. The standard InChI is InChI=1S/C16H29N3OS/c1-11(2)15-14(10-17-12(3)4)21-16(18-15)19(8-9-20-5)13-6-7-13/h11-13,17H,6-10H2,1-5H3. The molecule has 1 N–H and O–H groups in total. The maximum absolute atomic E-state index is 5.26. The monoisotopic (exact) mass is 311 g/mol. The van der Waals surface area contributed by atoms with Gasteiger partial charge in [0.05, 0.1) is 12.3 Å². The highest BCUT2D eigenvalue weighted by Crippen LogP contribution is 2.37. The summed E-state index contributed by atoms with van der Waals surface area (Å²) < 4.78 is 5.26. The van der Waals surface area contributed by atoms with Crippen molar-refractivity contribution in [3.8, 4) is 0 Å². The molecule has 0 aliphatic heterocycles. The van der Waals surface area contributed by atoms with Crippen molar-refractivity contribution >= 4 is 16.5 Å². The molecule has 1 aliphatic rings. The molecular formula is C16H29N3OS. The predicted molar refractivity (Wildman–Crippen MR) is 90.4 cm³/mol. The third-order valence-corrected chi connectivity index (χ3v) is 4.81. The highest BCUT2D eigenvalue weighted by Gasteiger charge is 2.31. The molecule has 0 amide bonds. The summed E-state index contributed by atoms with van der Waals surface area (Å²) in [5, 5.41) is 4.70. The Morgan fingerprint density at radius 2 is 2.05 bits per heavy atom. The van der Waals surface area contributed by atoms with E-state index in [1.54, 1.807) is 7.11 Å². The van der Waals surface area contributed by atoms with Crippen LogP contribution in [0.3, 0.4) is 0 Å². The van der Waals surface area contributed by atoms with Crippen molar-refractivity contribution < 1.29 is 4.74 Å². The fourth-order valence-corrected chi connectivity index (χ4v) is 3.62.